The maximum Gasteiger partial charge on any atom is 0.407 e. The standard InChI is InChI=1S/C9H13F3N2/c1-8(2,3)7-4-13-14(5-7)6-9(10,11)12/h5-6H2,1-3H3. The van der Waals surface area contributed by atoms with Gasteiger partial charge in [-0.1, -0.05) is 20.8 Å². The Hall–Kier alpha value is -0.960. The average molecular weight is 206 g/mol. The molecule has 0 aliphatic carbocycles. The van der Waals surface area contributed by atoms with Crippen LogP contribution in [0.5, 0.6) is 0 Å². The Morgan fingerprint density at radius 1 is 1.36 bits per heavy atom. The van der Waals surface area contributed by atoms with Gasteiger partial charge in [-0.2, -0.15) is 13.2 Å². The van der Waals surface area contributed by atoms with Gasteiger partial charge in [-0.15, -0.1) is 5.10 Å². The Morgan fingerprint density at radius 3 is 2.29 bits per heavy atom. The second kappa shape index (κ2) is 3.31. The molecule has 0 radical (unpaired) electrons. The van der Waals surface area contributed by atoms with Crippen molar-refractivity contribution in [3.8, 4) is 0 Å². The molecule has 1 aliphatic rings. The van der Waals surface area contributed by atoms with Gasteiger partial charge in [0, 0.05) is 11.4 Å². The first-order valence-corrected chi connectivity index (χ1v) is 4.33. The zero-order valence-electron chi connectivity index (χ0n) is 8.44. The molecule has 1 aliphatic heterocycles. The van der Waals surface area contributed by atoms with E-state index in [1.807, 2.05) is 20.8 Å². The highest BCUT2D eigenvalue weighted by molar-refractivity contribution is 5.62. The van der Waals surface area contributed by atoms with E-state index < -0.39 is 12.7 Å². The molecule has 0 N–H and O–H groups in total. The summed E-state index contributed by atoms with van der Waals surface area (Å²) in [6.45, 7) is 5.02. The first-order valence-electron chi connectivity index (χ1n) is 4.33. The first kappa shape index (κ1) is 11.1. The lowest BCUT2D eigenvalue weighted by Gasteiger charge is -2.22. The minimum Gasteiger partial charge on any atom is -0.275 e. The highest BCUT2D eigenvalue weighted by Gasteiger charge is 2.33. The smallest absolute Gasteiger partial charge is 0.275 e. The molecule has 0 aromatic heterocycles. The number of hydrogen-bond donors (Lipinski definition) is 0. The van der Waals surface area contributed by atoms with E-state index in [2.05, 4.69) is 11.0 Å². The lowest BCUT2D eigenvalue weighted by atomic mass is 9.87. The van der Waals surface area contributed by atoms with Gasteiger partial charge < -0.3 is 0 Å². The van der Waals surface area contributed by atoms with Crippen LogP contribution in [-0.4, -0.2) is 30.1 Å². The molecule has 2 nitrogen and oxygen atoms in total. The van der Waals surface area contributed by atoms with Crippen molar-refractivity contribution in [3.63, 3.8) is 0 Å². The van der Waals surface area contributed by atoms with Crippen LogP contribution in [0.2, 0.25) is 0 Å². The number of hydrazone groups is 1. The van der Waals surface area contributed by atoms with Crippen LogP contribution in [0.3, 0.4) is 0 Å². The Balaban J connectivity index is 2.54. The molecule has 80 valence electrons. The monoisotopic (exact) mass is 206 g/mol. The number of rotatable bonds is 1. The Kier molecular flexibility index (Phi) is 2.63. The van der Waals surface area contributed by atoms with Crippen LogP contribution in [0.15, 0.2) is 10.7 Å². The van der Waals surface area contributed by atoms with Gasteiger partial charge in [0.05, 0.1) is 6.54 Å². The first-order chi connectivity index (χ1) is 6.18. The molecule has 1 rings (SSSR count). The van der Waals surface area contributed by atoms with Gasteiger partial charge in [-0.25, -0.2) is 0 Å². The van der Waals surface area contributed by atoms with E-state index in [0.29, 0.717) is 0 Å². The van der Waals surface area contributed by atoms with E-state index in [-0.39, 0.29) is 12.0 Å². The van der Waals surface area contributed by atoms with Crippen molar-refractivity contribution in [2.75, 3.05) is 13.1 Å². The second-order valence-corrected chi connectivity index (χ2v) is 4.38. The summed E-state index contributed by atoms with van der Waals surface area (Å²) in [5.74, 6) is 2.64. The summed E-state index contributed by atoms with van der Waals surface area (Å²) in [6.07, 6.45) is -4.20. The number of alkyl halides is 3. The van der Waals surface area contributed by atoms with Crippen LogP contribution in [0.4, 0.5) is 13.2 Å². The van der Waals surface area contributed by atoms with Gasteiger partial charge >= 0.3 is 6.18 Å². The lowest BCUT2D eigenvalue weighted by Crippen LogP contribution is -2.31. The Labute approximate surface area is 81.1 Å². The lowest BCUT2D eigenvalue weighted by molar-refractivity contribution is -0.144. The van der Waals surface area contributed by atoms with E-state index in [4.69, 9.17) is 0 Å². The number of hydrogen-bond acceptors (Lipinski definition) is 2. The molecule has 0 bridgehead atoms. The molecule has 1 heterocycles. The average Bonchev–Trinajstić information content (AvgIpc) is 2.29. The van der Waals surface area contributed by atoms with Crippen molar-refractivity contribution in [1.82, 2.24) is 5.01 Å². The van der Waals surface area contributed by atoms with Crippen LogP contribution in [0.25, 0.3) is 0 Å². The van der Waals surface area contributed by atoms with Crippen molar-refractivity contribution < 1.29 is 13.2 Å². The maximum absolute atomic E-state index is 12.0. The fourth-order valence-corrected chi connectivity index (χ4v) is 1.09. The molecular weight excluding hydrogens is 193 g/mol. The van der Waals surface area contributed by atoms with E-state index in [1.54, 1.807) is 0 Å². The van der Waals surface area contributed by atoms with Crippen LogP contribution in [0, 0.1) is 5.41 Å². The SMILES string of the molecule is CC(C)(C)C1=C=NN(CC(F)(F)F)C1. The molecule has 0 amide bonds. The van der Waals surface area contributed by atoms with Crippen molar-refractivity contribution in [3.05, 3.63) is 5.57 Å². The second-order valence-electron chi connectivity index (χ2n) is 4.38. The topological polar surface area (TPSA) is 15.6 Å². The van der Waals surface area contributed by atoms with E-state index in [9.17, 15) is 13.2 Å². The molecule has 0 unspecified atom stereocenters. The van der Waals surface area contributed by atoms with Gasteiger partial charge in [-0.05, 0) is 5.41 Å². The molecule has 14 heavy (non-hydrogen) atoms. The molecule has 0 atom stereocenters. The molecule has 0 aromatic carbocycles. The van der Waals surface area contributed by atoms with Gasteiger partial charge in [0.1, 0.15) is 6.54 Å². The zero-order chi connectivity index (χ0) is 11.0. The van der Waals surface area contributed by atoms with Gasteiger partial charge in [0.15, 0.2) is 0 Å². The summed E-state index contributed by atoms with van der Waals surface area (Å²) in [5, 5.41) is 4.58. The third-order valence-electron chi connectivity index (χ3n) is 1.93. The quantitative estimate of drug-likeness (QED) is 0.643. The molecule has 0 saturated carbocycles. The third kappa shape index (κ3) is 3.07. The largest absolute Gasteiger partial charge is 0.407 e. The fraction of sp³-hybridized carbons (Fsp3) is 0.778. The predicted octanol–water partition coefficient (Wildman–Crippen LogP) is 2.42. The maximum atomic E-state index is 12.0. The third-order valence-corrected chi connectivity index (χ3v) is 1.93. The van der Waals surface area contributed by atoms with E-state index in [0.717, 1.165) is 10.6 Å². The normalized spacial score (nSPS) is 17.6. The summed E-state index contributed by atoms with van der Waals surface area (Å²) in [4.78, 5) is 0. The molecule has 0 saturated heterocycles. The van der Waals surface area contributed by atoms with Crippen LogP contribution in [0.1, 0.15) is 20.8 Å². The predicted molar refractivity (Wildman–Crippen MR) is 48.0 cm³/mol. The van der Waals surface area contributed by atoms with Gasteiger partial charge in [0.2, 0.25) is 0 Å². The van der Waals surface area contributed by atoms with Crippen LogP contribution in [-0.2, 0) is 0 Å². The van der Waals surface area contributed by atoms with Crippen molar-refractivity contribution in [2.24, 2.45) is 10.5 Å². The molecule has 5 heteroatoms. The van der Waals surface area contributed by atoms with Gasteiger partial charge in [0.25, 0.3) is 0 Å². The molecule has 0 fully saturated rings. The molecular formula is C9H13F3N2. The van der Waals surface area contributed by atoms with E-state index >= 15 is 0 Å². The summed E-state index contributed by atoms with van der Waals surface area (Å²) >= 11 is 0. The highest BCUT2D eigenvalue weighted by Crippen LogP contribution is 2.27. The fourth-order valence-electron chi connectivity index (χ4n) is 1.09. The van der Waals surface area contributed by atoms with E-state index in [1.165, 1.54) is 0 Å². The van der Waals surface area contributed by atoms with Crippen molar-refractivity contribution in [2.45, 2.75) is 26.9 Å². The minimum absolute atomic E-state index is 0.163. The van der Waals surface area contributed by atoms with Crippen molar-refractivity contribution in [1.29, 1.82) is 0 Å². The number of nitrogens with zero attached hydrogens (tertiary/aromatic N) is 2. The minimum atomic E-state index is -4.20. The Bertz CT molecular complexity index is 279. The highest BCUT2D eigenvalue weighted by atomic mass is 19.4. The Morgan fingerprint density at radius 2 is 1.93 bits per heavy atom. The van der Waals surface area contributed by atoms with Gasteiger partial charge in [-0.3, -0.25) is 5.01 Å². The summed E-state index contributed by atoms with van der Waals surface area (Å²) < 4.78 is 36.0. The molecule has 0 spiro atoms. The van der Waals surface area contributed by atoms with Crippen molar-refractivity contribution >= 4 is 5.87 Å². The van der Waals surface area contributed by atoms with Crippen LogP contribution >= 0.6 is 0 Å². The van der Waals surface area contributed by atoms with Crippen LogP contribution < -0.4 is 0 Å². The number of halogens is 3. The summed E-state index contributed by atoms with van der Waals surface area (Å²) in [6, 6.07) is 0. The molecule has 0 aromatic rings. The zero-order valence-corrected chi connectivity index (χ0v) is 8.44. The summed E-state index contributed by atoms with van der Waals surface area (Å²) in [5.41, 5.74) is 0.644. The summed E-state index contributed by atoms with van der Waals surface area (Å²) in [7, 11) is 0.